The monoisotopic (exact) mass is 228 g/mol. The molecule has 94 valence electrons. The molecule has 1 fully saturated rings. The molecule has 0 bridgehead atoms. The largest absolute Gasteiger partial charge is 0.355 e. The average Bonchev–Trinajstić information content (AvgIpc) is 2.58. The van der Waals surface area contributed by atoms with Crippen LogP contribution in [0.2, 0.25) is 0 Å². The van der Waals surface area contributed by atoms with Crippen LogP contribution in [0.4, 0.5) is 0 Å². The van der Waals surface area contributed by atoms with Crippen molar-refractivity contribution < 1.29 is 4.79 Å². The molecule has 0 aromatic heterocycles. The predicted molar refractivity (Wildman–Crippen MR) is 65.2 cm³/mol. The lowest BCUT2D eigenvalue weighted by molar-refractivity contribution is -0.122. The molecule has 1 amide bonds. The van der Waals surface area contributed by atoms with Crippen molar-refractivity contribution in [2.75, 3.05) is 46.8 Å². The van der Waals surface area contributed by atoms with E-state index in [1.807, 2.05) is 14.1 Å². The molecule has 5 nitrogen and oxygen atoms in total. The van der Waals surface area contributed by atoms with Gasteiger partial charge in [-0.15, -0.1) is 0 Å². The highest BCUT2D eigenvalue weighted by Crippen LogP contribution is 2.05. The van der Waals surface area contributed by atoms with Gasteiger partial charge in [0.05, 0.1) is 6.54 Å². The maximum atomic E-state index is 11.5. The third-order valence-electron chi connectivity index (χ3n) is 2.78. The molecule has 0 radical (unpaired) electrons. The summed E-state index contributed by atoms with van der Waals surface area (Å²) in [4.78, 5) is 15.8. The quantitative estimate of drug-likeness (QED) is 0.578. The number of nitrogens with zero attached hydrogens (tertiary/aromatic N) is 2. The van der Waals surface area contributed by atoms with Gasteiger partial charge in [0.2, 0.25) is 5.91 Å². The SMILES string of the molecule is CN(C)CCCNC(=O)CN1CCC(N)C1. The number of rotatable bonds is 6. The van der Waals surface area contributed by atoms with Crippen molar-refractivity contribution in [2.24, 2.45) is 5.73 Å². The molecule has 16 heavy (non-hydrogen) atoms. The van der Waals surface area contributed by atoms with Crippen molar-refractivity contribution in [3.8, 4) is 0 Å². The van der Waals surface area contributed by atoms with Gasteiger partial charge in [0.15, 0.2) is 0 Å². The molecule has 5 heteroatoms. The second kappa shape index (κ2) is 6.83. The van der Waals surface area contributed by atoms with Gasteiger partial charge in [-0.3, -0.25) is 9.69 Å². The van der Waals surface area contributed by atoms with Gasteiger partial charge in [0.1, 0.15) is 0 Å². The normalized spacial score (nSPS) is 21.6. The zero-order chi connectivity index (χ0) is 12.0. The summed E-state index contributed by atoms with van der Waals surface area (Å²) in [7, 11) is 4.07. The fraction of sp³-hybridized carbons (Fsp3) is 0.909. The Morgan fingerprint density at radius 1 is 1.56 bits per heavy atom. The number of carbonyl (C=O) groups excluding carboxylic acids is 1. The van der Waals surface area contributed by atoms with Gasteiger partial charge in [0, 0.05) is 25.7 Å². The Hall–Kier alpha value is -0.650. The van der Waals surface area contributed by atoms with Crippen LogP contribution < -0.4 is 11.1 Å². The van der Waals surface area contributed by atoms with Gasteiger partial charge < -0.3 is 16.0 Å². The van der Waals surface area contributed by atoms with Crippen molar-refractivity contribution >= 4 is 5.91 Å². The number of likely N-dealkylation sites (tertiary alicyclic amines) is 1. The number of amides is 1. The molecule has 0 saturated carbocycles. The first kappa shape index (κ1) is 13.4. The third-order valence-corrected chi connectivity index (χ3v) is 2.78. The van der Waals surface area contributed by atoms with Crippen molar-refractivity contribution in [3.05, 3.63) is 0 Å². The Morgan fingerprint density at radius 2 is 2.31 bits per heavy atom. The summed E-state index contributed by atoms with van der Waals surface area (Å²) in [5.74, 6) is 0.118. The number of nitrogens with two attached hydrogens (primary N) is 1. The van der Waals surface area contributed by atoms with Crippen LogP contribution in [-0.4, -0.2) is 68.6 Å². The summed E-state index contributed by atoms with van der Waals surface area (Å²) in [6.07, 6.45) is 2.01. The first-order valence-electron chi connectivity index (χ1n) is 5.97. The molecule has 0 aromatic carbocycles. The van der Waals surface area contributed by atoms with E-state index in [1.165, 1.54) is 0 Å². The van der Waals surface area contributed by atoms with E-state index >= 15 is 0 Å². The van der Waals surface area contributed by atoms with Gasteiger partial charge in [-0.1, -0.05) is 0 Å². The topological polar surface area (TPSA) is 61.6 Å². The zero-order valence-corrected chi connectivity index (χ0v) is 10.4. The van der Waals surface area contributed by atoms with Crippen molar-refractivity contribution in [2.45, 2.75) is 18.9 Å². The van der Waals surface area contributed by atoms with E-state index in [0.717, 1.165) is 39.0 Å². The maximum absolute atomic E-state index is 11.5. The van der Waals surface area contributed by atoms with E-state index in [0.29, 0.717) is 6.54 Å². The number of nitrogens with one attached hydrogen (secondary N) is 1. The minimum Gasteiger partial charge on any atom is -0.355 e. The Morgan fingerprint density at radius 3 is 2.88 bits per heavy atom. The molecule has 0 aliphatic carbocycles. The first-order valence-corrected chi connectivity index (χ1v) is 5.97. The van der Waals surface area contributed by atoms with Crippen LogP contribution in [-0.2, 0) is 4.79 Å². The lowest BCUT2D eigenvalue weighted by Gasteiger charge is -2.15. The van der Waals surface area contributed by atoms with Crippen molar-refractivity contribution in [1.29, 1.82) is 0 Å². The van der Waals surface area contributed by atoms with Crippen LogP contribution in [0, 0.1) is 0 Å². The first-order chi connectivity index (χ1) is 7.58. The molecule has 1 atom stereocenters. The minimum atomic E-state index is 0.118. The predicted octanol–water partition coefficient (Wildman–Crippen LogP) is -0.913. The Bertz CT molecular complexity index is 220. The highest BCUT2D eigenvalue weighted by Gasteiger charge is 2.20. The van der Waals surface area contributed by atoms with Crippen LogP contribution in [0.5, 0.6) is 0 Å². The standard InChI is InChI=1S/C11H24N4O/c1-14(2)6-3-5-13-11(16)9-15-7-4-10(12)8-15/h10H,3-9,12H2,1-2H3,(H,13,16). The smallest absolute Gasteiger partial charge is 0.234 e. The fourth-order valence-electron chi connectivity index (χ4n) is 1.89. The van der Waals surface area contributed by atoms with E-state index in [4.69, 9.17) is 5.73 Å². The highest BCUT2D eigenvalue weighted by atomic mass is 16.2. The van der Waals surface area contributed by atoms with E-state index in [2.05, 4.69) is 15.1 Å². The third kappa shape index (κ3) is 5.44. The summed E-state index contributed by atoms with van der Waals surface area (Å²) in [5, 5.41) is 2.93. The number of hydrogen-bond acceptors (Lipinski definition) is 4. The number of hydrogen-bond donors (Lipinski definition) is 2. The molecule has 1 unspecified atom stereocenters. The van der Waals surface area contributed by atoms with Gasteiger partial charge in [-0.25, -0.2) is 0 Å². The molecular weight excluding hydrogens is 204 g/mol. The zero-order valence-electron chi connectivity index (χ0n) is 10.4. The molecular formula is C11H24N4O. The Labute approximate surface area is 98.0 Å². The van der Waals surface area contributed by atoms with E-state index in [-0.39, 0.29) is 11.9 Å². The van der Waals surface area contributed by atoms with Crippen molar-refractivity contribution in [1.82, 2.24) is 15.1 Å². The fourth-order valence-corrected chi connectivity index (χ4v) is 1.89. The second-order valence-electron chi connectivity index (χ2n) is 4.79. The van der Waals surface area contributed by atoms with E-state index in [9.17, 15) is 4.79 Å². The van der Waals surface area contributed by atoms with Crippen LogP contribution in [0.1, 0.15) is 12.8 Å². The molecule has 3 N–H and O–H groups in total. The van der Waals surface area contributed by atoms with Crippen LogP contribution >= 0.6 is 0 Å². The molecule has 0 spiro atoms. The van der Waals surface area contributed by atoms with Gasteiger partial charge in [0.25, 0.3) is 0 Å². The van der Waals surface area contributed by atoms with Crippen molar-refractivity contribution in [3.63, 3.8) is 0 Å². The molecule has 0 aromatic rings. The summed E-state index contributed by atoms with van der Waals surface area (Å²) >= 11 is 0. The number of carbonyl (C=O) groups is 1. The summed E-state index contributed by atoms with van der Waals surface area (Å²) in [5.41, 5.74) is 5.78. The average molecular weight is 228 g/mol. The summed E-state index contributed by atoms with van der Waals surface area (Å²) in [6, 6.07) is 0.251. The van der Waals surface area contributed by atoms with Crippen LogP contribution in [0.15, 0.2) is 0 Å². The molecule has 1 aliphatic heterocycles. The van der Waals surface area contributed by atoms with E-state index in [1.54, 1.807) is 0 Å². The molecule has 1 rings (SSSR count). The molecule has 1 heterocycles. The van der Waals surface area contributed by atoms with Gasteiger partial charge >= 0.3 is 0 Å². The van der Waals surface area contributed by atoms with Crippen LogP contribution in [0.3, 0.4) is 0 Å². The molecule has 1 aliphatic rings. The summed E-state index contributed by atoms with van der Waals surface area (Å²) in [6.45, 7) is 4.07. The Kier molecular flexibility index (Phi) is 5.73. The highest BCUT2D eigenvalue weighted by molar-refractivity contribution is 5.78. The molecule has 1 saturated heterocycles. The van der Waals surface area contributed by atoms with Gasteiger partial charge in [-0.2, -0.15) is 0 Å². The van der Waals surface area contributed by atoms with Crippen LogP contribution in [0.25, 0.3) is 0 Å². The Balaban J connectivity index is 2.02. The van der Waals surface area contributed by atoms with E-state index < -0.39 is 0 Å². The summed E-state index contributed by atoms with van der Waals surface area (Å²) < 4.78 is 0. The minimum absolute atomic E-state index is 0.118. The maximum Gasteiger partial charge on any atom is 0.234 e. The van der Waals surface area contributed by atoms with Gasteiger partial charge in [-0.05, 0) is 33.5 Å². The second-order valence-corrected chi connectivity index (χ2v) is 4.79. The lowest BCUT2D eigenvalue weighted by atomic mass is 10.3. The lowest BCUT2D eigenvalue weighted by Crippen LogP contribution is -2.38.